The Balaban J connectivity index is 1.63. The van der Waals surface area contributed by atoms with Gasteiger partial charge in [0.05, 0.1) is 5.84 Å². The van der Waals surface area contributed by atoms with Gasteiger partial charge in [0, 0.05) is 29.1 Å². The van der Waals surface area contributed by atoms with E-state index in [1.165, 1.54) is 11.8 Å². The maximum Gasteiger partial charge on any atom is 0.526 e. The number of carboxylic acids is 1. The lowest BCUT2D eigenvalue weighted by atomic mass is 9.77. The lowest BCUT2D eigenvalue weighted by Crippen LogP contribution is -2.28. The normalized spacial score (nSPS) is 27.3. The van der Waals surface area contributed by atoms with Gasteiger partial charge in [0.1, 0.15) is 11.3 Å². The Morgan fingerprint density at radius 2 is 2.29 bits per heavy atom. The molecule has 0 spiro atoms. The van der Waals surface area contributed by atoms with Crippen LogP contribution in [-0.2, 0) is 0 Å². The Bertz CT molecular complexity index is 728. The van der Waals surface area contributed by atoms with E-state index in [2.05, 4.69) is 0 Å². The zero-order chi connectivity index (χ0) is 17.0. The van der Waals surface area contributed by atoms with Crippen molar-refractivity contribution < 1.29 is 19.6 Å². The van der Waals surface area contributed by atoms with E-state index in [1.807, 2.05) is 17.0 Å². The lowest BCUT2D eigenvalue weighted by Gasteiger charge is -2.23. The summed E-state index contributed by atoms with van der Waals surface area (Å²) in [5.41, 5.74) is 1.09. The summed E-state index contributed by atoms with van der Waals surface area (Å²) in [6.45, 7) is 3.36. The summed E-state index contributed by atoms with van der Waals surface area (Å²) in [6, 6.07) is 3.83. The molecule has 1 aliphatic carbocycles. The molecule has 2 fully saturated rings. The average molecular weight is 346 g/mol. The standard InChI is InChI=1S/C16H19BN2O4S/c1-8(18)19-5-4-9(7-19)24-13-3-2-10-11-6-12(11)17(22)23-15(10)14(13)16(20)21/h2-3,9,11-12,18,22H,4-7H2,1H3,(H,20,21). The second-order valence-corrected chi connectivity index (χ2v) is 8.08. The molecule has 0 radical (unpaired) electrons. The van der Waals surface area contributed by atoms with Crippen LogP contribution in [0.5, 0.6) is 5.75 Å². The number of carboxylic acid groups (broad SMARTS) is 1. The zero-order valence-electron chi connectivity index (χ0n) is 13.4. The molecular formula is C16H19BN2O4S. The third-order valence-corrected chi connectivity index (χ3v) is 6.43. The van der Waals surface area contributed by atoms with Crippen LogP contribution in [0.2, 0.25) is 5.82 Å². The molecule has 0 aromatic heterocycles. The van der Waals surface area contributed by atoms with Gasteiger partial charge in [-0.3, -0.25) is 5.41 Å². The topological polar surface area (TPSA) is 93.9 Å². The molecule has 1 aromatic rings. The van der Waals surface area contributed by atoms with Gasteiger partial charge in [-0.25, -0.2) is 4.79 Å². The van der Waals surface area contributed by atoms with E-state index in [1.54, 1.807) is 6.92 Å². The van der Waals surface area contributed by atoms with Gasteiger partial charge < -0.3 is 19.7 Å². The Hall–Kier alpha value is -1.67. The highest BCUT2D eigenvalue weighted by atomic mass is 32.2. The number of fused-ring (bicyclic) bond motifs is 3. The monoisotopic (exact) mass is 346 g/mol. The number of rotatable bonds is 3. The second-order valence-electron chi connectivity index (χ2n) is 6.74. The van der Waals surface area contributed by atoms with Gasteiger partial charge in [-0.1, -0.05) is 6.07 Å². The van der Waals surface area contributed by atoms with Crippen LogP contribution in [0, 0.1) is 5.41 Å². The van der Waals surface area contributed by atoms with Crippen LogP contribution in [-0.4, -0.2) is 52.3 Å². The highest BCUT2D eigenvalue weighted by molar-refractivity contribution is 8.00. The largest absolute Gasteiger partial charge is 0.535 e. The molecule has 1 saturated carbocycles. The van der Waals surface area contributed by atoms with Gasteiger partial charge in [-0.2, -0.15) is 0 Å². The fourth-order valence-electron chi connectivity index (χ4n) is 3.70. The van der Waals surface area contributed by atoms with Crippen molar-refractivity contribution in [1.29, 1.82) is 5.41 Å². The first-order valence-electron chi connectivity index (χ1n) is 8.17. The van der Waals surface area contributed by atoms with Crippen molar-refractivity contribution >= 4 is 30.7 Å². The number of carbonyl (C=O) groups is 1. The molecule has 0 bridgehead atoms. The predicted molar refractivity (Wildman–Crippen MR) is 92.3 cm³/mol. The molecule has 2 aliphatic heterocycles. The van der Waals surface area contributed by atoms with Crippen LogP contribution in [0.15, 0.2) is 17.0 Å². The first kappa shape index (κ1) is 15.8. The molecule has 3 N–H and O–H groups in total. The summed E-state index contributed by atoms with van der Waals surface area (Å²) in [6.07, 6.45) is 1.78. The quantitative estimate of drug-likeness (QED) is 0.442. The molecule has 3 aliphatic rings. The summed E-state index contributed by atoms with van der Waals surface area (Å²) in [5, 5.41) is 27.7. The van der Waals surface area contributed by atoms with E-state index in [-0.39, 0.29) is 22.5 Å². The van der Waals surface area contributed by atoms with E-state index in [4.69, 9.17) is 10.1 Å². The first-order valence-corrected chi connectivity index (χ1v) is 9.05. The number of nitrogens with one attached hydrogen (secondary N) is 1. The van der Waals surface area contributed by atoms with Crippen LogP contribution >= 0.6 is 11.8 Å². The Kier molecular flexibility index (Phi) is 3.76. The van der Waals surface area contributed by atoms with Gasteiger partial charge in [0.25, 0.3) is 0 Å². The highest BCUT2D eigenvalue weighted by Gasteiger charge is 2.54. The number of benzene rings is 1. The van der Waals surface area contributed by atoms with Crippen LogP contribution in [0.1, 0.15) is 41.6 Å². The minimum absolute atomic E-state index is 0.108. The number of hydrogen-bond acceptors (Lipinski definition) is 5. The molecule has 1 aromatic carbocycles. The van der Waals surface area contributed by atoms with Crippen molar-refractivity contribution in [3.8, 4) is 5.75 Å². The van der Waals surface area contributed by atoms with Gasteiger partial charge in [-0.15, -0.1) is 11.8 Å². The number of hydrogen-bond donors (Lipinski definition) is 3. The maximum atomic E-state index is 11.8. The van der Waals surface area contributed by atoms with Crippen LogP contribution in [0.25, 0.3) is 0 Å². The molecule has 8 heteroatoms. The predicted octanol–water partition coefficient (Wildman–Crippen LogP) is 2.28. The first-order chi connectivity index (χ1) is 11.5. The van der Waals surface area contributed by atoms with Crippen molar-refractivity contribution in [3.63, 3.8) is 0 Å². The maximum absolute atomic E-state index is 11.8. The Labute approximate surface area is 144 Å². The molecule has 0 amide bonds. The third kappa shape index (κ3) is 2.57. The lowest BCUT2D eigenvalue weighted by molar-refractivity contribution is 0.0690. The van der Waals surface area contributed by atoms with Gasteiger partial charge in [0.15, 0.2) is 0 Å². The third-order valence-electron chi connectivity index (χ3n) is 5.12. The Morgan fingerprint density at radius 1 is 1.50 bits per heavy atom. The number of amidine groups is 1. The average Bonchev–Trinajstić information content (AvgIpc) is 3.19. The fraction of sp³-hybridized carbons (Fsp3) is 0.500. The molecule has 1 saturated heterocycles. The zero-order valence-corrected chi connectivity index (χ0v) is 14.2. The van der Waals surface area contributed by atoms with Crippen molar-refractivity contribution in [3.05, 3.63) is 23.3 Å². The van der Waals surface area contributed by atoms with E-state index in [9.17, 15) is 14.9 Å². The Morgan fingerprint density at radius 3 is 2.96 bits per heavy atom. The van der Waals surface area contributed by atoms with E-state index >= 15 is 0 Å². The molecular weight excluding hydrogens is 327 g/mol. The molecule has 4 rings (SSSR count). The van der Waals surface area contributed by atoms with Gasteiger partial charge in [-0.05, 0) is 37.3 Å². The van der Waals surface area contributed by atoms with Gasteiger partial charge >= 0.3 is 13.1 Å². The number of thioether (sulfide) groups is 1. The summed E-state index contributed by atoms with van der Waals surface area (Å²) < 4.78 is 5.56. The van der Waals surface area contributed by atoms with Crippen molar-refractivity contribution in [2.75, 3.05) is 13.1 Å². The second kappa shape index (κ2) is 5.70. The van der Waals surface area contributed by atoms with Crippen LogP contribution in [0.4, 0.5) is 0 Å². The summed E-state index contributed by atoms with van der Waals surface area (Å²) in [7, 11) is -0.900. The van der Waals surface area contributed by atoms with E-state index in [0.717, 1.165) is 31.5 Å². The highest BCUT2D eigenvalue weighted by Crippen LogP contribution is 2.60. The number of nitrogens with zero attached hydrogens (tertiary/aromatic N) is 1. The molecule has 3 atom stereocenters. The van der Waals surface area contributed by atoms with Crippen molar-refractivity contribution in [2.45, 2.75) is 41.6 Å². The summed E-state index contributed by atoms with van der Waals surface area (Å²) >= 11 is 1.54. The summed E-state index contributed by atoms with van der Waals surface area (Å²) in [5.74, 6) is 0.212. The minimum Gasteiger partial charge on any atom is -0.535 e. The number of aromatic carboxylic acids is 1. The molecule has 6 nitrogen and oxygen atoms in total. The smallest absolute Gasteiger partial charge is 0.526 e. The number of likely N-dealkylation sites (tertiary alicyclic amines) is 1. The molecule has 24 heavy (non-hydrogen) atoms. The fourth-order valence-corrected chi connectivity index (χ4v) is 4.99. The molecule has 126 valence electrons. The molecule has 3 unspecified atom stereocenters. The van der Waals surface area contributed by atoms with Crippen LogP contribution < -0.4 is 4.65 Å². The summed E-state index contributed by atoms with van der Waals surface area (Å²) in [4.78, 5) is 14.5. The van der Waals surface area contributed by atoms with Crippen molar-refractivity contribution in [2.24, 2.45) is 0 Å². The van der Waals surface area contributed by atoms with Gasteiger partial charge in [0.2, 0.25) is 0 Å². The van der Waals surface area contributed by atoms with Crippen LogP contribution in [0.3, 0.4) is 0 Å². The SMILES string of the molecule is CC(=N)N1CCC(Sc2ccc3c(c2C(=O)O)OB(O)C2CC32)C1. The van der Waals surface area contributed by atoms with E-state index < -0.39 is 13.1 Å². The minimum atomic E-state index is -1.02. The molecule has 2 heterocycles. The van der Waals surface area contributed by atoms with E-state index in [0.29, 0.717) is 16.5 Å². The van der Waals surface area contributed by atoms with Crippen molar-refractivity contribution in [1.82, 2.24) is 4.90 Å².